The van der Waals surface area contributed by atoms with Gasteiger partial charge in [-0.25, -0.2) is 10.4 Å². The van der Waals surface area contributed by atoms with Gasteiger partial charge in [-0.1, -0.05) is 0 Å². The van der Waals surface area contributed by atoms with Crippen LogP contribution in [0.15, 0.2) is 23.3 Å². The first-order chi connectivity index (χ1) is 12.1. The number of hydrazone groups is 1. The van der Waals surface area contributed by atoms with Gasteiger partial charge in [0.1, 0.15) is 5.69 Å². The van der Waals surface area contributed by atoms with Gasteiger partial charge in [-0.2, -0.15) is 41.9 Å². The summed E-state index contributed by atoms with van der Waals surface area (Å²) in [6.45, 7) is 0.751. The fourth-order valence-electron chi connectivity index (χ4n) is 1.88. The molecular formula is C12H14F6N4O5. The van der Waals surface area contributed by atoms with Gasteiger partial charge in [-0.3, -0.25) is 5.43 Å². The molecule has 0 saturated carbocycles. The number of hydrogen-bond donors (Lipinski definition) is 6. The Morgan fingerprint density at radius 3 is 2.00 bits per heavy atom. The molecule has 27 heavy (non-hydrogen) atoms. The van der Waals surface area contributed by atoms with Crippen LogP contribution in [0.3, 0.4) is 0 Å². The standard InChI is InChI=1S/C12H14F6N4O5/c1-6(5-10(23,11(13,14)15)12(16,17)18)19-20-8-3-2-7(21(24)25)4-9(8)22(26)27/h2-4,20-24,26H,5H2,1H3/b19-6+. The smallest absolute Gasteiger partial charge is 0.426 e. The van der Waals surface area contributed by atoms with E-state index in [2.05, 4.69) is 5.10 Å². The Morgan fingerprint density at radius 2 is 1.59 bits per heavy atom. The van der Waals surface area contributed by atoms with Crippen molar-refractivity contribution >= 4 is 22.8 Å². The summed E-state index contributed by atoms with van der Waals surface area (Å²) in [5, 5.41) is 49.0. The Morgan fingerprint density at radius 1 is 1.07 bits per heavy atom. The van der Waals surface area contributed by atoms with Crippen LogP contribution in [0.1, 0.15) is 13.3 Å². The number of anilines is 1. The van der Waals surface area contributed by atoms with E-state index in [1.807, 2.05) is 5.43 Å². The van der Waals surface area contributed by atoms with E-state index in [1.165, 1.54) is 0 Å². The number of halogens is 6. The molecule has 0 bridgehead atoms. The van der Waals surface area contributed by atoms with Gasteiger partial charge in [0.15, 0.2) is 11.4 Å². The fraction of sp³-hybridized carbons (Fsp3) is 0.417. The van der Waals surface area contributed by atoms with E-state index in [9.17, 15) is 36.8 Å². The molecule has 2 unspecified atom stereocenters. The highest BCUT2D eigenvalue weighted by Gasteiger charge is 2.70. The van der Waals surface area contributed by atoms with Crippen molar-refractivity contribution in [3.8, 4) is 0 Å². The molecular weight excluding hydrogens is 394 g/mol. The number of quaternary nitrogens is 2. The Kier molecular flexibility index (Phi) is 6.76. The van der Waals surface area contributed by atoms with Crippen LogP contribution in [0.5, 0.6) is 0 Å². The van der Waals surface area contributed by atoms with Crippen molar-refractivity contribution < 1.29 is 52.3 Å². The minimum atomic E-state index is -6.03. The molecule has 15 heteroatoms. The molecule has 0 fully saturated rings. The summed E-state index contributed by atoms with van der Waals surface area (Å²) in [5.41, 5.74) is -5.36. The minimum absolute atomic E-state index is 0.380. The fourth-order valence-corrected chi connectivity index (χ4v) is 1.88. The second-order valence-electron chi connectivity index (χ2n) is 5.36. The largest absolute Gasteiger partial charge is 0.595 e. The summed E-state index contributed by atoms with van der Waals surface area (Å²) < 4.78 is 75.8. The highest BCUT2D eigenvalue weighted by molar-refractivity contribution is 5.84. The predicted molar refractivity (Wildman–Crippen MR) is 76.4 cm³/mol. The molecule has 154 valence electrons. The van der Waals surface area contributed by atoms with E-state index in [0.29, 0.717) is 0 Å². The van der Waals surface area contributed by atoms with Gasteiger partial charge in [-0.05, 0) is 13.0 Å². The van der Waals surface area contributed by atoms with Crippen molar-refractivity contribution in [2.45, 2.75) is 31.3 Å². The summed E-state index contributed by atoms with van der Waals surface area (Å²) in [6.07, 6.45) is -14.0. The van der Waals surface area contributed by atoms with E-state index in [4.69, 9.17) is 15.5 Å². The maximum absolute atomic E-state index is 12.6. The quantitative estimate of drug-likeness (QED) is 0.231. The molecule has 0 heterocycles. The van der Waals surface area contributed by atoms with E-state index >= 15 is 0 Å². The van der Waals surface area contributed by atoms with Gasteiger partial charge in [0.05, 0.1) is 6.07 Å². The van der Waals surface area contributed by atoms with Gasteiger partial charge >= 0.3 is 12.4 Å². The summed E-state index contributed by atoms with van der Waals surface area (Å²) in [7, 11) is 0. The molecule has 0 spiro atoms. The molecule has 6 N–H and O–H groups in total. The van der Waals surface area contributed by atoms with Crippen molar-refractivity contribution in [3.05, 3.63) is 28.6 Å². The van der Waals surface area contributed by atoms with Crippen LogP contribution in [0, 0.1) is 10.4 Å². The van der Waals surface area contributed by atoms with E-state index in [-0.39, 0.29) is 5.69 Å². The number of rotatable bonds is 6. The minimum Gasteiger partial charge on any atom is -0.595 e. The van der Waals surface area contributed by atoms with E-state index in [0.717, 1.165) is 25.1 Å². The molecule has 2 atom stereocenters. The first kappa shape index (κ1) is 23.0. The number of nitrogens with zero attached hydrogens (tertiary/aromatic N) is 1. The first-order valence-corrected chi connectivity index (χ1v) is 6.86. The Labute approximate surface area is 146 Å². The van der Waals surface area contributed by atoms with Crippen molar-refractivity contribution in [1.82, 2.24) is 0 Å². The molecule has 1 rings (SSSR count). The molecule has 1 aromatic carbocycles. The second kappa shape index (κ2) is 7.93. The molecule has 9 nitrogen and oxygen atoms in total. The van der Waals surface area contributed by atoms with Gasteiger partial charge in [0.2, 0.25) is 0 Å². The molecule has 0 aromatic heterocycles. The number of aliphatic hydroxyl groups is 1. The third-order valence-corrected chi connectivity index (χ3v) is 3.31. The van der Waals surface area contributed by atoms with Crippen LogP contribution in [0.2, 0.25) is 0 Å². The van der Waals surface area contributed by atoms with Crippen molar-refractivity contribution in [2.24, 2.45) is 5.10 Å². The molecule has 0 aliphatic rings. The summed E-state index contributed by atoms with van der Waals surface area (Å²) in [5.74, 6) is 0. The van der Waals surface area contributed by atoms with Crippen molar-refractivity contribution in [1.29, 1.82) is 0 Å². The van der Waals surface area contributed by atoms with Gasteiger partial charge in [-0.15, -0.1) is 0 Å². The van der Waals surface area contributed by atoms with Gasteiger partial charge < -0.3 is 15.5 Å². The number of benzene rings is 1. The van der Waals surface area contributed by atoms with Crippen LogP contribution >= 0.6 is 0 Å². The van der Waals surface area contributed by atoms with Gasteiger partial charge in [0, 0.05) is 18.2 Å². The lowest BCUT2D eigenvalue weighted by Gasteiger charge is -2.32. The van der Waals surface area contributed by atoms with Crippen molar-refractivity contribution in [2.75, 3.05) is 5.43 Å². The topological polar surface area (TPSA) is 140 Å². The van der Waals surface area contributed by atoms with Crippen LogP contribution in [-0.2, 0) is 0 Å². The third-order valence-electron chi connectivity index (χ3n) is 3.31. The zero-order valence-electron chi connectivity index (χ0n) is 13.3. The molecule has 0 aliphatic heterocycles. The van der Waals surface area contributed by atoms with Crippen molar-refractivity contribution in [3.63, 3.8) is 0 Å². The summed E-state index contributed by atoms with van der Waals surface area (Å²) >= 11 is 0. The molecule has 0 radical (unpaired) electrons. The third kappa shape index (κ3) is 5.25. The van der Waals surface area contributed by atoms with Gasteiger partial charge in [0.25, 0.3) is 5.60 Å². The number of alkyl halides is 6. The lowest BCUT2D eigenvalue weighted by atomic mass is 9.95. The molecule has 0 amide bonds. The summed E-state index contributed by atoms with van der Waals surface area (Å²) in [6, 6.07) is 2.59. The van der Waals surface area contributed by atoms with Crippen LogP contribution in [-0.4, -0.2) is 39.2 Å². The normalized spacial score (nSPS) is 16.2. The Bertz CT molecular complexity index is 678. The molecule has 0 saturated heterocycles. The molecule has 1 aromatic rings. The monoisotopic (exact) mass is 408 g/mol. The van der Waals surface area contributed by atoms with E-state index in [1.54, 1.807) is 0 Å². The van der Waals surface area contributed by atoms with Crippen LogP contribution in [0.25, 0.3) is 0 Å². The average molecular weight is 408 g/mol. The highest BCUT2D eigenvalue weighted by atomic mass is 19.4. The maximum atomic E-state index is 12.6. The Balaban J connectivity index is 3.12. The Hall–Kier alpha value is -2.01. The van der Waals surface area contributed by atoms with Crippen LogP contribution in [0.4, 0.5) is 43.4 Å². The highest BCUT2D eigenvalue weighted by Crippen LogP contribution is 2.45. The lowest BCUT2D eigenvalue weighted by molar-refractivity contribution is -0.996. The number of nitrogens with one attached hydrogen (secondary N) is 3. The molecule has 0 aliphatic carbocycles. The predicted octanol–water partition coefficient (Wildman–Crippen LogP) is 0.527. The average Bonchev–Trinajstić information content (AvgIpc) is 2.50. The number of hydrogen-bond acceptors (Lipinski definition) is 7. The zero-order chi connectivity index (χ0) is 21.2. The maximum Gasteiger partial charge on any atom is 0.426 e. The van der Waals surface area contributed by atoms with E-state index < -0.39 is 51.9 Å². The van der Waals surface area contributed by atoms with Crippen LogP contribution < -0.4 is 15.9 Å². The zero-order valence-corrected chi connectivity index (χ0v) is 13.3. The SMILES string of the molecule is C/C(CC(O)(C(F)(F)F)C(F)(F)F)=N\Nc1ccc([NH+]([O-])O)cc1[NH+]([O-])O. The first-order valence-electron chi connectivity index (χ1n) is 6.86. The lowest BCUT2D eigenvalue weighted by Crippen LogP contribution is -3.00. The summed E-state index contributed by atoms with van der Waals surface area (Å²) in [4.78, 5) is 0. The second-order valence-corrected chi connectivity index (χ2v) is 5.36.